The molecule has 6 nitrogen and oxygen atoms in total. The Balaban J connectivity index is 1.84. The van der Waals surface area contributed by atoms with Gasteiger partial charge in [-0.05, 0) is 24.6 Å². The van der Waals surface area contributed by atoms with Gasteiger partial charge in [-0.1, -0.05) is 6.07 Å². The van der Waals surface area contributed by atoms with Crippen LogP contribution in [0.5, 0.6) is 5.75 Å². The fourth-order valence-corrected chi connectivity index (χ4v) is 2.77. The second-order valence-corrected chi connectivity index (χ2v) is 5.67. The van der Waals surface area contributed by atoms with Gasteiger partial charge >= 0.3 is 0 Å². The van der Waals surface area contributed by atoms with Crippen molar-refractivity contribution in [3.05, 3.63) is 52.5 Å². The summed E-state index contributed by atoms with van der Waals surface area (Å²) >= 11 is 0. The average Bonchev–Trinajstić information content (AvgIpc) is 3.04. The molecule has 0 amide bonds. The standard InChI is InChI=1S/C18H13N5O/c1-10-2-3-12(4-17(10)24)23-18-11(7-19)8-20-14-6-16-15(5-13(14)18)21-9-22-16/h2-5,8-9,24H,6H2,1H3,(H,20,23). The van der Waals surface area contributed by atoms with Crippen LogP contribution in [0.1, 0.15) is 22.4 Å². The van der Waals surface area contributed by atoms with Gasteiger partial charge in [-0.2, -0.15) is 5.26 Å². The van der Waals surface area contributed by atoms with Crippen LogP contribution in [-0.2, 0) is 6.42 Å². The van der Waals surface area contributed by atoms with Gasteiger partial charge < -0.3 is 10.4 Å². The number of aromatic nitrogens is 1. The van der Waals surface area contributed by atoms with Crippen molar-refractivity contribution in [3.63, 3.8) is 0 Å². The van der Waals surface area contributed by atoms with Gasteiger partial charge in [-0.15, -0.1) is 0 Å². The van der Waals surface area contributed by atoms with Crippen molar-refractivity contribution in [3.8, 4) is 11.8 Å². The van der Waals surface area contributed by atoms with E-state index < -0.39 is 0 Å². The van der Waals surface area contributed by atoms with Crippen LogP contribution < -0.4 is 5.32 Å². The third-order valence-electron chi connectivity index (χ3n) is 4.12. The van der Waals surface area contributed by atoms with Gasteiger partial charge in [0.05, 0.1) is 28.4 Å². The number of nitrogens with zero attached hydrogens (tertiary/aromatic N) is 4. The first-order valence-electron chi connectivity index (χ1n) is 7.45. The van der Waals surface area contributed by atoms with Crippen molar-refractivity contribution < 1.29 is 5.11 Å². The Kier molecular flexibility index (Phi) is 3.14. The zero-order valence-corrected chi connectivity index (χ0v) is 12.9. The van der Waals surface area contributed by atoms with Crippen molar-refractivity contribution in [2.45, 2.75) is 13.3 Å². The molecule has 0 fully saturated rings. The van der Waals surface area contributed by atoms with Gasteiger partial charge in [-0.3, -0.25) is 4.98 Å². The van der Waals surface area contributed by atoms with Crippen molar-refractivity contribution >= 4 is 29.5 Å². The molecule has 0 spiro atoms. The summed E-state index contributed by atoms with van der Waals surface area (Å²) in [5, 5.41) is 22.6. The van der Waals surface area contributed by atoms with Crippen molar-refractivity contribution in [1.29, 1.82) is 5.26 Å². The summed E-state index contributed by atoms with van der Waals surface area (Å²) < 4.78 is 0. The van der Waals surface area contributed by atoms with Crippen LogP contribution in [0.3, 0.4) is 0 Å². The Morgan fingerprint density at radius 2 is 2.21 bits per heavy atom. The minimum Gasteiger partial charge on any atom is -0.508 e. The molecule has 4 rings (SSSR count). The first kappa shape index (κ1) is 14.2. The predicted molar refractivity (Wildman–Crippen MR) is 92.7 cm³/mol. The monoisotopic (exact) mass is 315 g/mol. The zero-order valence-electron chi connectivity index (χ0n) is 12.9. The van der Waals surface area contributed by atoms with Crippen LogP contribution in [0.15, 0.2) is 40.1 Å². The van der Waals surface area contributed by atoms with E-state index in [1.807, 2.05) is 25.1 Å². The molecule has 0 saturated heterocycles. The van der Waals surface area contributed by atoms with E-state index in [0.29, 0.717) is 23.4 Å². The Labute approximate surface area is 138 Å². The molecule has 2 aliphatic rings. The van der Waals surface area contributed by atoms with E-state index in [1.165, 1.54) is 6.34 Å². The number of fused-ring (bicyclic) bond motifs is 2. The average molecular weight is 315 g/mol. The number of pyridine rings is 1. The SMILES string of the molecule is Cc1ccc(Nc2c(C#N)cnc3c2C=C2N=CN=C2C3)cc1O. The maximum atomic E-state index is 9.90. The van der Waals surface area contributed by atoms with Gasteiger partial charge in [0.2, 0.25) is 0 Å². The molecule has 0 radical (unpaired) electrons. The van der Waals surface area contributed by atoms with Crippen LogP contribution in [0.4, 0.5) is 11.4 Å². The second-order valence-electron chi connectivity index (χ2n) is 5.67. The molecular formula is C18H13N5O. The van der Waals surface area contributed by atoms with E-state index in [0.717, 1.165) is 28.2 Å². The maximum Gasteiger partial charge on any atom is 0.120 e. The molecule has 1 aliphatic heterocycles. The lowest BCUT2D eigenvalue weighted by molar-refractivity contribution is 0.471. The highest BCUT2D eigenvalue weighted by atomic mass is 16.3. The quantitative estimate of drug-likeness (QED) is 0.890. The normalized spacial score (nSPS) is 14.3. The van der Waals surface area contributed by atoms with Crippen molar-refractivity contribution in [2.24, 2.45) is 9.98 Å². The summed E-state index contributed by atoms with van der Waals surface area (Å²) in [5.74, 6) is 0.203. The number of aliphatic imine (C=N–C) groups is 2. The molecule has 24 heavy (non-hydrogen) atoms. The van der Waals surface area contributed by atoms with E-state index in [4.69, 9.17) is 0 Å². The number of allylic oxidation sites excluding steroid dienone is 1. The van der Waals surface area contributed by atoms with Crippen molar-refractivity contribution in [1.82, 2.24) is 4.98 Å². The fourth-order valence-electron chi connectivity index (χ4n) is 2.77. The third kappa shape index (κ3) is 2.23. The van der Waals surface area contributed by atoms with Gasteiger partial charge in [-0.25, -0.2) is 9.98 Å². The van der Waals surface area contributed by atoms with Gasteiger partial charge in [0.1, 0.15) is 18.2 Å². The highest BCUT2D eigenvalue weighted by Crippen LogP contribution is 2.34. The Bertz CT molecular complexity index is 995. The Morgan fingerprint density at radius 1 is 1.33 bits per heavy atom. The molecule has 1 aromatic heterocycles. The first-order chi connectivity index (χ1) is 11.7. The summed E-state index contributed by atoms with van der Waals surface area (Å²) in [6.07, 6.45) is 5.57. The molecule has 2 N–H and O–H groups in total. The van der Waals surface area contributed by atoms with Crippen LogP contribution >= 0.6 is 0 Å². The highest BCUT2D eigenvalue weighted by Gasteiger charge is 2.23. The number of nitrogens with one attached hydrogen (secondary N) is 1. The second kappa shape index (κ2) is 5.32. The Hall–Kier alpha value is -3.46. The number of rotatable bonds is 2. The topological polar surface area (TPSA) is 93.7 Å². The minimum absolute atomic E-state index is 0.203. The van der Waals surface area contributed by atoms with Gasteiger partial charge in [0.15, 0.2) is 0 Å². The number of hydrogen-bond acceptors (Lipinski definition) is 6. The van der Waals surface area contributed by atoms with Crippen LogP contribution in [0.2, 0.25) is 0 Å². The molecule has 6 heteroatoms. The van der Waals surface area contributed by atoms with Crippen LogP contribution in [0, 0.1) is 18.3 Å². The molecule has 0 unspecified atom stereocenters. The number of anilines is 2. The molecule has 2 aromatic rings. The number of aryl methyl sites for hydroxylation is 1. The van der Waals surface area contributed by atoms with Crippen molar-refractivity contribution in [2.75, 3.05) is 5.32 Å². The predicted octanol–water partition coefficient (Wildman–Crippen LogP) is 3.09. The zero-order chi connectivity index (χ0) is 16.7. The summed E-state index contributed by atoms with van der Waals surface area (Å²) in [5.41, 5.74) is 5.97. The summed E-state index contributed by atoms with van der Waals surface area (Å²) in [6, 6.07) is 7.49. The molecule has 1 aliphatic carbocycles. The number of hydrogen-bond donors (Lipinski definition) is 2. The molecule has 1 aromatic carbocycles. The lowest BCUT2D eigenvalue weighted by atomic mass is 9.95. The third-order valence-corrected chi connectivity index (χ3v) is 4.12. The smallest absolute Gasteiger partial charge is 0.120 e. The van der Waals surface area contributed by atoms with E-state index in [1.54, 1.807) is 12.3 Å². The lowest BCUT2D eigenvalue weighted by Crippen LogP contribution is -2.13. The number of nitriles is 1. The largest absolute Gasteiger partial charge is 0.508 e. The fraction of sp³-hybridized carbons (Fsp3) is 0.111. The summed E-state index contributed by atoms with van der Waals surface area (Å²) in [4.78, 5) is 12.9. The van der Waals surface area contributed by atoms with E-state index in [2.05, 4.69) is 26.4 Å². The highest BCUT2D eigenvalue weighted by molar-refractivity contribution is 6.14. The summed E-state index contributed by atoms with van der Waals surface area (Å²) in [6.45, 7) is 1.83. The number of benzene rings is 1. The minimum atomic E-state index is 0.203. The Morgan fingerprint density at radius 3 is 3.00 bits per heavy atom. The molecule has 2 heterocycles. The molecule has 0 atom stereocenters. The lowest BCUT2D eigenvalue weighted by Gasteiger charge is -2.18. The van der Waals surface area contributed by atoms with Crippen LogP contribution in [0.25, 0.3) is 6.08 Å². The molecule has 0 saturated carbocycles. The summed E-state index contributed by atoms with van der Waals surface area (Å²) in [7, 11) is 0. The van der Waals surface area contributed by atoms with Gasteiger partial charge in [0.25, 0.3) is 0 Å². The molecular weight excluding hydrogens is 302 g/mol. The molecule has 0 bridgehead atoms. The van der Waals surface area contributed by atoms with E-state index >= 15 is 0 Å². The first-order valence-corrected chi connectivity index (χ1v) is 7.45. The van der Waals surface area contributed by atoms with Crippen LogP contribution in [-0.4, -0.2) is 22.1 Å². The number of aromatic hydroxyl groups is 1. The van der Waals surface area contributed by atoms with E-state index in [9.17, 15) is 10.4 Å². The molecule has 116 valence electrons. The number of phenols is 1. The maximum absolute atomic E-state index is 9.90. The van der Waals surface area contributed by atoms with E-state index in [-0.39, 0.29) is 5.75 Å². The number of phenolic OH excluding ortho intramolecular Hbond substituents is 1. The van der Waals surface area contributed by atoms with Gasteiger partial charge in [0, 0.05) is 29.9 Å².